The monoisotopic (exact) mass is 197 g/mol. The molecule has 0 saturated heterocycles. The molecule has 0 fully saturated rings. The van der Waals surface area contributed by atoms with E-state index in [1.807, 2.05) is 0 Å². The van der Waals surface area contributed by atoms with Gasteiger partial charge in [0.25, 0.3) is 0 Å². The van der Waals surface area contributed by atoms with E-state index in [0.717, 1.165) is 5.39 Å². The van der Waals surface area contributed by atoms with Crippen molar-refractivity contribution >= 4 is 10.9 Å². The van der Waals surface area contributed by atoms with E-state index < -0.39 is 6.43 Å². The fourth-order valence-corrected chi connectivity index (χ4v) is 1.50. The van der Waals surface area contributed by atoms with Crippen molar-refractivity contribution in [2.75, 3.05) is 5.84 Å². The van der Waals surface area contributed by atoms with Crippen molar-refractivity contribution in [1.82, 2.24) is 9.66 Å². The van der Waals surface area contributed by atoms with Crippen LogP contribution in [0.2, 0.25) is 0 Å². The number of pyridine rings is 1. The highest BCUT2D eigenvalue weighted by atomic mass is 19.3. The summed E-state index contributed by atoms with van der Waals surface area (Å²) in [6.07, 6.45) is 2.01. The van der Waals surface area contributed by atoms with Crippen LogP contribution in [0.1, 0.15) is 5.56 Å². The van der Waals surface area contributed by atoms with Gasteiger partial charge in [-0.15, -0.1) is 0 Å². The standard InChI is InChI=1S/C9H9F2N3/c10-9(11)3-6-5-14(12)8-4-13-2-1-7(6)8/h1-2,4-5,9H,3,12H2. The molecule has 0 saturated carbocycles. The SMILES string of the molecule is Nn1cc(CC(F)F)c2ccncc21. The summed E-state index contributed by atoms with van der Waals surface area (Å²) in [4.78, 5) is 3.88. The van der Waals surface area contributed by atoms with Crippen LogP contribution < -0.4 is 5.84 Å². The lowest BCUT2D eigenvalue weighted by molar-refractivity contribution is 0.149. The van der Waals surface area contributed by atoms with Crippen LogP contribution in [0.5, 0.6) is 0 Å². The zero-order valence-electron chi connectivity index (χ0n) is 7.32. The maximum absolute atomic E-state index is 12.2. The van der Waals surface area contributed by atoms with Crippen LogP contribution in [0.15, 0.2) is 24.7 Å². The van der Waals surface area contributed by atoms with E-state index in [2.05, 4.69) is 4.98 Å². The van der Waals surface area contributed by atoms with Gasteiger partial charge in [0.2, 0.25) is 6.43 Å². The van der Waals surface area contributed by atoms with Crippen molar-refractivity contribution in [1.29, 1.82) is 0 Å². The average Bonchev–Trinajstić information content (AvgIpc) is 2.44. The Labute approximate surface area is 79.1 Å². The first kappa shape index (κ1) is 8.93. The molecule has 0 bridgehead atoms. The predicted octanol–water partition coefficient (Wildman–Crippen LogP) is 1.56. The molecular formula is C9H9F2N3. The van der Waals surface area contributed by atoms with Crippen molar-refractivity contribution in [3.05, 3.63) is 30.2 Å². The van der Waals surface area contributed by atoms with Crippen molar-refractivity contribution in [2.24, 2.45) is 0 Å². The molecule has 2 aromatic rings. The molecule has 0 aromatic carbocycles. The molecule has 3 nitrogen and oxygen atoms in total. The Balaban J connectivity index is 2.55. The number of aromatic nitrogens is 2. The fourth-order valence-electron chi connectivity index (χ4n) is 1.50. The third-order valence-electron chi connectivity index (χ3n) is 2.09. The lowest BCUT2D eigenvalue weighted by Crippen LogP contribution is -2.05. The predicted molar refractivity (Wildman–Crippen MR) is 49.6 cm³/mol. The first-order valence-electron chi connectivity index (χ1n) is 4.15. The lowest BCUT2D eigenvalue weighted by Gasteiger charge is -1.96. The molecule has 0 aliphatic rings. The van der Waals surface area contributed by atoms with Gasteiger partial charge in [-0.05, 0) is 11.6 Å². The first-order valence-corrected chi connectivity index (χ1v) is 4.15. The Hall–Kier alpha value is -1.65. The summed E-state index contributed by atoms with van der Waals surface area (Å²) in [7, 11) is 0. The maximum Gasteiger partial charge on any atom is 0.242 e. The molecule has 0 unspecified atom stereocenters. The zero-order chi connectivity index (χ0) is 10.1. The van der Waals surface area contributed by atoms with Crippen molar-refractivity contribution in [2.45, 2.75) is 12.8 Å². The molecule has 2 rings (SSSR count). The van der Waals surface area contributed by atoms with Gasteiger partial charge in [-0.25, -0.2) is 8.78 Å². The molecular weight excluding hydrogens is 188 g/mol. The van der Waals surface area contributed by atoms with E-state index >= 15 is 0 Å². The van der Waals surface area contributed by atoms with Gasteiger partial charge in [0.15, 0.2) is 0 Å². The minimum Gasteiger partial charge on any atom is -0.339 e. The summed E-state index contributed by atoms with van der Waals surface area (Å²) in [5, 5.41) is 0.739. The molecule has 2 N–H and O–H groups in total. The van der Waals surface area contributed by atoms with E-state index in [1.165, 1.54) is 10.9 Å². The smallest absolute Gasteiger partial charge is 0.242 e. The Bertz CT molecular complexity index is 450. The molecule has 0 aliphatic carbocycles. The number of alkyl halides is 2. The van der Waals surface area contributed by atoms with Crippen LogP contribution in [-0.4, -0.2) is 16.1 Å². The number of fused-ring (bicyclic) bond motifs is 1. The fraction of sp³-hybridized carbons (Fsp3) is 0.222. The highest BCUT2D eigenvalue weighted by Gasteiger charge is 2.11. The van der Waals surface area contributed by atoms with Crippen LogP contribution in [0.3, 0.4) is 0 Å². The second kappa shape index (κ2) is 3.25. The normalized spacial score (nSPS) is 11.4. The number of nitrogens with zero attached hydrogens (tertiary/aromatic N) is 2. The van der Waals surface area contributed by atoms with Crippen LogP contribution in [-0.2, 0) is 6.42 Å². The van der Waals surface area contributed by atoms with Gasteiger partial charge < -0.3 is 5.84 Å². The molecule has 0 aliphatic heterocycles. The molecule has 0 amide bonds. The Morgan fingerprint density at radius 3 is 3.00 bits per heavy atom. The number of nitrogens with two attached hydrogens (primary N) is 1. The molecule has 5 heteroatoms. The minimum atomic E-state index is -2.35. The summed E-state index contributed by atoms with van der Waals surface area (Å²) in [5.74, 6) is 5.58. The van der Waals surface area contributed by atoms with Gasteiger partial charge in [0, 0.05) is 24.2 Å². The molecule has 0 radical (unpaired) electrons. The average molecular weight is 197 g/mol. The highest BCUT2D eigenvalue weighted by molar-refractivity contribution is 5.83. The van der Waals surface area contributed by atoms with Crippen molar-refractivity contribution < 1.29 is 8.78 Å². The molecule has 0 atom stereocenters. The van der Waals surface area contributed by atoms with E-state index in [9.17, 15) is 8.78 Å². The van der Waals surface area contributed by atoms with Crippen LogP contribution in [0.4, 0.5) is 8.78 Å². The first-order chi connectivity index (χ1) is 6.68. The third-order valence-corrected chi connectivity index (χ3v) is 2.09. The van der Waals surface area contributed by atoms with Gasteiger partial charge in [-0.3, -0.25) is 9.66 Å². The topological polar surface area (TPSA) is 43.8 Å². The number of rotatable bonds is 2. The van der Waals surface area contributed by atoms with E-state index in [4.69, 9.17) is 5.84 Å². The number of nitrogen functional groups attached to an aromatic ring is 1. The van der Waals surface area contributed by atoms with Gasteiger partial charge in [-0.1, -0.05) is 0 Å². The van der Waals surface area contributed by atoms with Gasteiger partial charge in [0.1, 0.15) is 0 Å². The molecule has 2 aromatic heterocycles. The Morgan fingerprint density at radius 1 is 1.50 bits per heavy atom. The van der Waals surface area contributed by atoms with Crippen LogP contribution in [0, 0.1) is 0 Å². The Kier molecular flexibility index (Phi) is 2.07. The summed E-state index contributed by atoms with van der Waals surface area (Å²) in [5.41, 5.74) is 1.23. The zero-order valence-corrected chi connectivity index (χ0v) is 7.32. The lowest BCUT2D eigenvalue weighted by atomic mass is 10.1. The minimum absolute atomic E-state index is 0.273. The van der Waals surface area contributed by atoms with Crippen molar-refractivity contribution in [3.8, 4) is 0 Å². The second-order valence-electron chi connectivity index (χ2n) is 3.05. The quantitative estimate of drug-likeness (QED) is 0.742. The van der Waals surface area contributed by atoms with Gasteiger partial charge in [0.05, 0.1) is 11.7 Å². The number of hydrogen-bond donors (Lipinski definition) is 1. The largest absolute Gasteiger partial charge is 0.339 e. The summed E-state index contributed by atoms with van der Waals surface area (Å²) in [6, 6.07) is 1.69. The van der Waals surface area contributed by atoms with Gasteiger partial charge in [-0.2, -0.15) is 0 Å². The maximum atomic E-state index is 12.2. The molecule has 14 heavy (non-hydrogen) atoms. The van der Waals surface area contributed by atoms with E-state index in [-0.39, 0.29) is 6.42 Å². The van der Waals surface area contributed by atoms with E-state index in [0.29, 0.717) is 11.1 Å². The Morgan fingerprint density at radius 2 is 2.29 bits per heavy atom. The highest BCUT2D eigenvalue weighted by Crippen LogP contribution is 2.20. The molecule has 2 heterocycles. The third kappa shape index (κ3) is 1.41. The summed E-state index contributed by atoms with van der Waals surface area (Å²) >= 11 is 0. The van der Waals surface area contributed by atoms with Crippen LogP contribution in [0.25, 0.3) is 10.9 Å². The number of hydrogen-bond acceptors (Lipinski definition) is 2. The summed E-state index contributed by atoms with van der Waals surface area (Å²) < 4.78 is 25.7. The van der Waals surface area contributed by atoms with Gasteiger partial charge >= 0.3 is 0 Å². The number of halogens is 2. The summed E-state index contributed by atoms with van der Waals surface area (Å²) in [6.45, 7) is 0. The molecule has 0 spiro atoms. The second-order valence-corrected chi connectivity index (χ2v) is 3.05. The van der Waals surface area contributed by atoms with Crippen molar-refractivity contribution in [3.63, 3.8) is 0 Å². The van der Waals surface area contributed by atoms with Crippen LogP contribution >= 0.6 is 0 Å². The van der Waals surface area contributed by atoms with E-state index in [1.54, 1.807) is 18.5 Å². The molecule has 74 valence electrons.